The molecule has 0 amide bonds. The molecule has 0 bridgehead atoms. The summed E-state index contributed by atoms with van der Waals surface area (Å²) in [6.07, 6.45) is 0. The quantitative estimate of drug-likeness (QED) is 0.712. The topological polar surface area (TPSA) is 18.5 Å². The van der Waals surface area contributed by atoms with Crippen molar-refractivity contribution < 1.29 is 9.05 Å². The van der Waals surface area contributed by atoms with Crippen LogP contribution in [0.25, 0.3) is 0 Å². The first-order valence-electron chi connectivity index (χ1n) is 6.04. The SMILES string of the molecule is CC.CP(Oc1ccccc1)Oc1ccccc1. The molecule has 0 aromatic heterocycles. The maximum Gasteiger partial charge on any atom is 0.286 e. The van der Waals surface area contributed by atoms with E-state index >= 15 is 0 Å². The van der Waals surface area contributed by atoms with Gasteiger partial charge in [-0.1, -0.05) is 50.2 Å². The maximum absolute atomic E-state index is 5.66. The van der Waals surface area contributed by atoms with Crippen molar-refractivity contribution in [2.24, 2.45) is 0 Å². The van der Waals surface area contributed by atoms with E-state index in [1.807, 2.05) is 81.2 Å². The van der Waals surface area contributed by atoms with Gasteiger partial charge in [-0.25, -0.2) is 0 Å². The van der Waals surface area contributed by atoms with Crippen LogP contribution in [0.2, 0.25) is 0 Å². The van der Waals surface area contributed by atoms with Crippen LogP contribution in [0.4, 0.5) is 0 Å². The summed E-state index contributed by atoms with van der Waals surface area (Å²) in [6, 6.07) is 19.4. The first-order chi connectivity index (χ1) is 8.84. The summed E-state index contributed by atoms with van der Waals surface area (Å²) in [6.45, 7) is 5.94. The van der Waals surface area contributed by atoms with E-state index in [-0.39, 0.29) is 0 Å². The third kappa shape index (κ3) is 5.20. The van der Waals surface area contributed by atoms with E-state index in [1.165, 1.54) is 0 Å². The zero-order valence-corrected chi connectivity index (χ0v) is 11.9. The van der Waals surface area contributed by atoms with Crippen molar-refractivity contribution in [2.45, 2.75) is 13.8 Å². The van der Waals surface area contributed by atoms with Crippen LogP contribution in [0.5, 0.6) is 11.5 Å². The van der Waals surface area contributed by atoms with Crippen molar-refractivity contribution in [1.82, 2.24) is 0 Å². The summed E-state index contributed by atoms with van der Waals surface area (Å²) < 4.78 is 11.3. The van der Waals surface area contributed by atoms with Crippen LogP contribution in [0, 0.1) is 0 Å². The molecule has 0 aliphatic heterocycles. The van der Waals surface area contributed by atoms with Crippen molar-refractivity contribution in [2.75, 3.05) is 6.66 Å². The third-order valence-corrected chi connectivity index (χ3v) is 2.89. The van der Waals surface area contributed by atoms with Gasteiger partial charge in [-0.15, -0.1) is 0 Å². The summed E-state index contributed by atoms with van der Waals surface area (Å²) in [5.74, 6) is 1.68. The lowest BCUT2D eigenvalue weighted by atomic mass is 10.3. The zero-order valence-electron chi connectivity index (χ0n) is 11.0. The monoisotopic (exact) mass is 262 g/mol. The average Bonchev–Trinajstić information content (AvgIpc) is 2.43. The Morgan fingerprint density at radius 3 is 1.33 bits per heavy atom. The van der Waals surface area contributed by atoms with E-state index in [0.717, 1.165) is 11.5 Å². The number of benzene rings is 2. The smallest absolute Gasteiger partial charge is 0.286 e. The number of para-hydroxylation sites is 2. The highest BCUT2D eigenvalue weighted by Crippen LogP contribution is 2.36. The lowest BCUT2D eigenvalue weighted by molar-refractivity contribution is 0.497. The van der Waals surface area contributed by atoms with Crippen LogP contribution in [0.1, 0.15) is 13.8 Å². The second-order valence-electron chi connectivity index (χ2n) is 3.25. The highest BCUT2D eigenvalue weighted by atomic mass is 31.2. The molecule has 0 atom stereocenters. The average molecular weight is 262 g/mol. The van der Waals surface area contributed by atoms with Gasteiger partial charge >= 0.3 is 0 Å². The van der Waals surface area contributed by atoms with Crippen molar-refractivity contribution >= 4 is 8.38 Å². The molecule has 2 nitrogen and oxygen atoms in total. The summed E-state index contributed by atoms with van der Waals surface area (Å²) in [5, 5.41) is 0. The largest absolute Gasteiger partial charge is 0.439 e. The first-order valence-corrected chi connectivity index (χ1v) is 7.67. The summed E-state index contributed by atoms with van der Waals surface area (Å²) in [7, 11) is -0.933. The van der Waals surface area contributed by atoms with Gasteiger partial charge in [-0.3, -0.25) is 0 Å². The lowest BCUT2D eigenvalue weighted by Gasteiger charge is -2.14. The normalized spacial score (nSPS) is 9.33. The van der Waals surface area contributed by atoms with E-state index in [4.69, 9.17) is 9.05 Å². The predicted octanol–water partition coefficient (Wildman–Crippen LogP) is 5.11. The molecule has 0 radical (unpaired) electrons. The van der Waals surface area contributed by atoms with Gasteiger partial charge in [0, 0.05) is 6.66 Å². The Hall–Kier alpha value is -1.53. The van der Waals surface area contributed by atoms with Gasteiger partial charge in [0.05, 0.1) is 0 Å². The fraction of sp³-hybridized carbons (Fsp3) is 0.200. The molecule has 96 valence electrons. The fourth-order valence-electron chi connectivity index (χ4n) is 1.28. The summed E-state index contributed by atoms with van der Waals surface area (Å²) in [4.78, 5) is 0. The second-order valence-corrected chi connectivity index (χ2v) is 4.49. The van der Waals surface area contributed by atoms with Crippen molar-refractivity contribution in [3.63, 3.8) is 0 Å². The van der Waals surface area contributed by atoms with Crippen molar-refractivity contribution in [3.8, 4) is 11.5 Å². The van der Waals surface area contributed by atoms with Crippen LogP contribution < -0.4 is 9.05 Å². The van der Waals surface area contributed by atoms with Gasteiger partial charge < -0.3 is 9.05 Å². The minimum Gasteiger partial charge on any atom is -0.439 e. The zero-order chi connectivity index (χ0) is 13.2. The Labute approximate surface area is 110 Å². The molecule has 18 heavy (non-hydrogen) atoms. The molecule has 0 saturated carbocycles. The molecule has 2 aromatic rings. The molecule has 2 aromatic carbocycles. The molecular weight excluding hydrogens is 243 g/mol. The van der Waals surface area contributed by atoms with E-state index in [1.54, 1.807) is 0 Å². The minimum atomic E-state index is -0.933. The molecule has 0 N–H and O–H groups in total. The van der Waals surface area contributed by atoms with Gasteiger partial charge in [0.1, 0.15) is 11.5 Å². The highest BCUT2D eigenvalue weighted by Gasteiger charge is 2.06. The molecule has 2 rings (SSSR count). The van der Waals surface area contributed by atoms with Gasteiger partial charge in [0.15, 0.2) is 0 Å². The molecule has 0 aliphatic rings. The minimum absolute atomic E-state index is 0.840. The predicted molar refractivity (Wildman–Crippen MR) is 78.3 cm³/mol. The molecule has 0 fully saturated rings. The van der Waals surface area contributed by atoms with Gasteiger partial charge in [-0.2, -0.15) is 0 Å². The maximum atomic E-state index is 5.66. The van der Waals surface area contributed by atoms with E-state index < -0.39 is 8.38 Å². The van der Waals surface area contributed by atoms with Crippen LogP contribution >= 0.6 is 8.38 Å². The van der Waals surface area contributed by atoms with Crippen molar-refractivity contribution in [3.05, 3.63) is 60.7 Å². The Morgan fingerprint density at radius 2 is 1.00 bits per heavy atom. The number of hydrogen-bond acceptors (Lipinski definition) is 2. The number of hydrogen-bond donors (Lipinski definition) is 0. The third-order valence-electron chi connectivity index (χ3n) is 1.95. The Balaban J connectivity index is 0.000000771. The molecule has 0 heterocycles. The molecule has 3 heteroatoms. The molecule has 0 unspecified atom stereocenters. The fourth-order valence-corrected chi connectivity index (χ4v) is 2.15. The van der Waals surface area contributed by atoms with Gasteiger partial charge in [0.2, 0.25) is 0 Å². The lowest BCUT2D eigenvalue weighted by Crippen LogP contribution is -1.93. The molecule has 0 spiro atoms. The Bertz CT molecular complexity index is 376. The number of rotatable bonds is 4. The van der Waals surface area contributed by atoms with Gasteiger partial charge in [-0.05, 0) is 24.3 Å². The Kier molecular flexibility index (Phi) is 6.90. The van der Waals surface area contributed by atoms with Crippen molar-refractivity contribution in [1.29, 1.82) is 0 Å². The summed E-state index contributed by atoms with van der Waals surface area (Å²) >= 11 is 0. The highest BCUT2D eigenvalue weighted by molar-refractivity contribution is 7.47. The van der Waals surface area contributed by atoms with Crippen LogP contribution in [0.3, 0.4) is 0 Å². The standard InChI is InChI=1S/C13H13O2P.C2H6/c1-16(14-12-8-4-2-5-9-12)15-13-10-6-3-7-11-13;1-2/h2-11H,1H3;1-2H3. The van der Waals surface area contributed by atoms with Crippen LogP contribution in [0.15, 0.2) is 60.7 Å². The molecular formula is C15H19O2P. The van der Waals surface area contributed by atoms with Crippen LogP contribution in [-0.2, 0) is 0 Å². The molecule has 0 saturated heterocycles. The van der Waals surface area contributed by atoms with Gasteiger partial charge in [0.25, 0.3) is 8.38 Å². The summed E-state index contributed by atoms with van der Waals surface area (Å²) in [5.41, 5.74) is 0. The Morgan fingerprint density at radius 1 is 0.667 bits per heavy atom. The van der Waals surface area contributed by atoms with E-state index in [9.17, 15) is 0 Å². The molecule has 0 aliphatic carbocycles. The van der Waals surface area contributed by atoms with E-state index in [2.05, 4.69) is 0 Å². The second kappa shape index (κ2) is 8.54. The first kappa shape index (κ1) is 14.5. The van der Waals surface area contributed by atoms with E-state index in [0.29, 0.717) is 0 Å². The van der Waals surface area contributed by atoms with Crippen LogP contribution in [-0.4, -0.2) is 6.66 Å².